The average molecular weight is 568 g/mol. The van der Waals surface area contributed by atoms with Crippen molar-refractivity contribution >= 4 is 27.5 Å². The summed E-state index contributed by atoms with van der Waals surface area (Å²) in [5, 5.41) is 2.89. The normalized spacial score (nSPS) is 11.9. The van der Waals surface area contributed by atoms with Gasteiger partial charge in [0, 0.05) is 12.6 Å². The standard InChI is InChI=1S/C30H37N3O6S/c1-6-28(30(35)31-22(2)3)32(20-23-11-10-14-26(19-23)39-5)29(34)21-33(24-12-8-7-9-13-24)40(36,37)27-17-15-25(38-4)16-18-27/h7-19,22,28H,6,20-21H2,1-5H3,(H,31,35)/t28-/m0/s1. The molecule has 0 aliphatic heterocycles. The van der Waals surface area contributed by atoms with Gasteiger partial charge in [0.2, 0.25) is 11.8 Å². The molecule has 3 rings (SSSR count). The Morgan fingerprint density at radius 3 is 2.10 bits per heavy atom. The third kappa shape index (κ3) is 7.53. The number of anilines is 1. The van der Waals surface area contributed by atoms with Gasteiger partial charge >= 0.3 is 0 Å². The van der Waals surface area contributed by atoms with E-state index in [4.69, 9.17) is 9.47 Å². The number of hydrogen-bond acceptors (Lipinski definition) is 6. The SMILES string of the molecule is CC[C@@H](C(=O)NC(C)C)N(Cc1cccc(OC)c1)C(=O)CN(c1ccccc1)S(=O)(=O)c1ccc(OC)cc1. The lowest BCUT2D eigenvalue weighted by molar-refractivity contribution is -0.140. The van der Waals surface area contributed by atoms with E-state index in [0.717, 1.165) is 9.87 Å². The number of ether oxygens (including phenoxy) is 2. The van der Waals surface area contributed by atoms with Gasteiger partial charge in [-0.1, -0.05) is 37.3 Å². The number of nitrogens with one attached hydrogen (secondary N) is 1. The molecule has 1 atom stereocenters. The summed E-state index contributed by atoms with van der Waals surface area (Å²) in [4.78, 5) is 28.7. The first-order valence-electron chi connectivity index (χ1n) is 13.0. The van der Waals surface area contributed by atoms with E-state index in [9.17, 15) is 18.0 Å². The number of rotatable bonds is 13. The maximum absolute atomic E-state index is 14.0. The summed E-state index contributed by atoms with van der Waals surface area (Å²) >= 11 is 0. The second-order valence-corrected chi connectivity index (χ2v) is 11.3. The molecule has 0 bridgehead atoms. The maximum atomic E-state index is 14.0. The zero-order valence-corrected chi connectivity index (χ0v) is 24.4. The number of carbonyl (C=O) groups is 2. The van der Waals surface area contributed by atoms with Crippen LogP contribution in [0, 0.1) is 0 Å². The summed E-state index contributed by atoms with van der Waals surface area (Å²) in [7, 11) is -1.11. The highest BCUT2D eigenvalue weighted by molar-refractivity contribution is 7.92. The molecule has 3 aromatic carbocycles. The Morgan fingerprint density at radius 1 is 0.875 bits per heavy atom. The monoisotopic (exact) mass is 567 g/mol. The Labute approximate surface area is 236 Å². The van der Waals surface area contributed by atoms with E-state index in [1.807, 2.05) is 26.8 Å². The topological polar surface area (TPSA) is 105 Å². The average Bonchev–Trinajstić information content (AvgIpc) is 2.95. The van der Waals surface area contributed by atoms with E-state index in [1.54, 1.807) is 67.8 Å². The molecule has 0 fully saturated rings. The number of para-hydroxylation sites is 1. The zero-order chi connectivity index (χ0) is 29.3. The molecule has 9 nitrogen and oxygen atoms in total. The molecule has 1 N–H and O–H groups in total. The second kappa shape index (κ2) is 13.8. The van der Waals surface area contributed by atoms with E-state index in [-0.39, 0.29) is 23.4 Å². The summed E-state index contributed by atoms with van der Waals surface area (Å²) in [6, 6.07) is 20.7. The lowest BCUT2D eigenvalue weighted by Gasteiger charge is -2.33. The highest BCUT2D eigenvalue weighted by atomic mass is 32.2. The molecular formula is C30H37N3O6S. The van der Waals surface area contributed by atoms with Crippen LogP contribution in [0.1, 0.15) is 32.8 Å². The molecule has 10 heteroatoms. The van der Waals surface area contributed by atoms with Crippen LogP contribution in [0.25, 0.3) is 0 Å². The van der Waals surface area contributed by atoms with Gasteiger partial charge in [-0.05, 0) is 74.4 Å². The van der Waals surface area contributed by atoms with Crippen LogP contribution in [0.4, 0.5) is 5.69 Å². The molecule has 0 aliphatic carbocycles. The molecule has 0 aromatic heterocycles. The van der Waals surface area contributed by atoms with Crippen LogP contribution in [0.2, 0.25) is 0 Å². The third-order valence-corrected chi connectivity index (χ3v) is 8.06. The van der Waals surface area contributed by atoms with E-state index in [1.165, 1.54) is 24.1 Å². The predicted molar refractivity (Wildman–Crippen MR) is 155 cm³/mol. The van der Waals surface area contributed by atoms with Crippen molar-refractivity contribution in [1.82, 2.24) is 10.2 Å². The fraction of sp³-hybridized carbons (Fsp3) is 0.333. The fourth-order valence-electron chi connectivity index (χ4n) is 4.27. The van der Waals surface area contributed by atoms with Crippen LogP contribution < -0.4 is 19.1 Å². The lowest BCUT2D eigenvalue weighted by Crippen LogP contribution is -2.53. The minimum absolute atomic E-state index is 0.00823. The summed E-state index contributed by atoms with van der Waals surface area (Å²) in [6.45, 7) is 5.09. The third-order valence-electron chi connectivity index (χ3n) is 6.27. The maximum Gasteiger partial charge on any atom is 0.264 e. The Morgan fingerprint density at radius 2 is 1.52 bits per heavy atom. The van der Waals surface area contributed by atoms with Gasteiger partial charge in [0.05, 0.1) is 24.8 Å². The van der Waals surface area contributed by atoms with E-state index in [0.29, 0.717) is 23.6 Å². The van der Waals surface area contributed by atoms with Crippen molar-refractivity contribution in [3.05, 3.63) is 84.4 Å². The fourth-order valence-corrected chi connectivity index (χ4v) is 5.68. The van der Waals surface area contributed by atoms with Gasteiger partial charge in [-0.15, -0.1) is 0 Å². The summed E-state index contributed by atoms with van der Waals surface area (Å²) in [6.07, 6.45) is 0.338. The zero-order valence-electron chi connectivity index (χ0n) is 23.5. The first-order valence-corrected chi connectivity index (χ1v) is 14.5. The summed E-state index contributed by atoms with van der Waals surface area (Å²) in [5.41, 5.74) is 1.07. The predicted octanol–water partition coefficient (Wildman–Crippen LogP) is 4.23. The molecule has 3 aromatic rings. The molecule has 0 spiro atoms. The van der Waals surface area contributed by atoms with Crippen LogP contribution in [0.15, 0.2) is 83.8 Å². The van der Waals surface area contributed by atoms with E-state index in [2.05, 4.69) is 5.32 Å². The molecule has 0 unspecified atom stereocenters. The van der Waals surface area contributed by atoms with Crippen molar-refractivity contribution in [3.63, 3.8) is 0 Å². The smallest absolute Gasteiger partial charge is 0.264 e. The van der Waals surface area contributed by atoms with Crippen LogP contribution in [0.3, 0.4) is 0 Å². The first kappa shape index (κ1) is 30.5. The van der Waals surface area contributed by atoms with Gasteiger partial charge in [0.25, 0.3) is 10.0 Å². The number of nitrogens with zero attached hydrogens (tertiary/aromatic N) is 2. The lowest BCUT2D eigenvalue weighted by atomic mass is 10.1. The molecule has 0 aliphatic rings. The van der Waals surface area contributed by atoms with Gasteiger partial charge in [0.1, 0.15) is 24.1 Å². The first-order chi connectivity index (χ1) is 19.1. The molecule has 0 saturated heterocycles. The molecule has 2 amide bonds. The van der Waals surface area contributed by atoms with Gasteiger partial charge in [-0.25, -0.2) is 8.42 Å². The van der Waals surface area contributed by atoms with Crippen LogP contribution in [0.5, 0.6) is 11.5 Å². The van der Waals surface area contributed by atoms with Crippen molar-refractivity contribution in [2.24, 2.45) is 0 Å². The molecule has 40 heavy (non-hydrogen) atoms. The van der Waals surface area contributed by atoms with Gasteiger partial charge in [-0.2, -0.15) is 0 Å². The van der Waals surface area contributed by atoms with E-state index < -0.39 is 28.5 Å². The quantitative estimate of drug-likeness (QED) is 0.332. The highest BCUT2D eigenvalue weighted by Gasteiger charge is 2.33. The Bertz CT molecular complexity index is 1380. The minimum atomic E-state index is -4.15. The second-order valence-electron chi connectivity index (χ2n) is 9.48. The van der Waals surface area contributed by atoms with E-state index >= 15 is 0 Å². The van der Waals surface area contributed by atoms with Crippen molar-refractivity contribution in [3.8, 4) is 11.5 Å². The Hall–Kier alpha value is -4.05. The Kier molecular flexibility index (Phi) is 10.6. The molecule has 0 radical (unpaired) electrons. The largest absolute Gasteiger partial charge is 0.497 e. The minimum Gasteiger partial charge on any atom is -0.497 e. The van der Waals surface area contributed by atoms with Crippen LogP contribution in [-0.2, 0) is 26.2 Å². The van der Waals surface area contributed by atoms with Crippen molar-refractivity contribution in [2.75, 3.05) is 25.1 Å². The van der Waals surface area contributed by atoms with Crippen molar-refractivity contribution in [2.45, 2.75) is 50.7 Å². The molecule has 214 valence electrons. The number of carbonyl (C=O) groups excluding carboxylic acids is 2. The molecule has 0 saturated carbocycles. The number of benzene rings is 3. The molecular weight excluding hydrogens is 530 g/mol. The summed E-state index contributed by atoms with van der Waals surface area (Å²) in [5.74, 6) is 0.290. The van der Waals surface area contributed by atoms with Gasteiger partial charge in [0.15, 0.2) is 0 Å². The summed E-state index contributed by atoms with van der Waals surface area (Å²) < 4.78 is 39.3. The number of amides is 2. The van der Waals surface area contributed by atoms with Crippen LogP contribution >= 0.6 is 0 Å². The highest BCUT2D eigenvalue weighted by Crippen LogP contribution is 2.26. The number of methoxy groups -OCH3 is 2. The van der Waals surface area contributed by atoms with Crippen LogP contribution in [-0.4, -0.2) is 58.0 Å². The Balaban J connectivity index is 2.04. The van der Waals surface area contributed by atoms with Gasteiger partial charge in [-0.3, -0.25) is 13.9 Å². The van der Waals surface area contributed by atoms with Crippen molar-refractivity contribution < 1.29 is 27.5 Å². The van der Waals surface area contributed by atoms with Gasteiger partial charge < -0.3 is 19.7 Å². The van der Waals surface area contributed by atoms with Crippen molar-refractivity contribution in [1.29, 1.82) is 0 Å². The number of sulfonamides is 1. The molecule has 0 heterocycles. The number of hydrogen-bond donors (Lipinski definition) is 1.